The Morgan fingerprint density at radius 2 is 1.09 bits per heavy atom. The highest BCUT2D eigenvalue weighted by Gasteiger charge is 2.17. The summed E-state index contributed by atoms with van der Waals surface area (Å²) in [7, 11) is 0. The summed E-state index contributed by atoms with van der Waals surface area (Å²) >= 11 is 3.83. The van der Waals surface area contributed by atoms with Crippen molar-refractivity contribution in [1.29, 1.82) is 0 Å². The van der Waals surface area contributed by atoms with Crippen LogP contribution in [-0.2, 0) is 11.5 Å². The number of fused-ring (bicyclic) bond motifs is 3. The molecule has 0 bridgehead atoms. The van der Waals surface area contributed by atoms with E-state index in [-0.39, 0.29) is 0 Å². The zero-order valence-corrected chi connectivity index (χ0v) is 20.8. The van der Waals surface area contributed by atoms with Crippen LogP contribution in [0.1, 0.15) is 11.1 Å². The summed E-state index contributed by atoms with van der Waals surface area (Å²) in [6.45, 7) is 0. The number of furan rings is 1. The van der Waals surface area contributed by atoms with Gasteiger partial charge in [-0.25, -0.2) is 0 Å². The number of rotatable bonds is 7. The van der Waals surface area contributed by atoms with E-state index in [0.717, 1.165) is 22.7 Å². The highest BCUT2D eigenvalue weighted by molar-refractivity contribution is 8.01. The molecular weight excluding hydrogens is 464 g/mol. The Hall–Kier alpha value is -3.40. The summed E-state index contributed by atoms with van der Waals surface area (Å²) in [5.74, 6) is 1.88. The fraction of sp³-hybridized carbons (Fsp3) is 0.0625. The van der Waals surface area contributed by atoms with Gasteiger partial charge < -0.3 is 4.42 Å². The predicted molar refractivity (Wildman–Crippen MR) is 151 cm³/mol. The average molecular weight is 489 g/mol. The van der Waals surface area contributed by atoms with E-state index >= 15 is 0 Å². The molecule has 0 fully saturated rings. The molecule has 0 saturated heterocycles. The van der Waals surface area contributed by atoms with Gasteiger partial charge in [-0.1, -0.05) is 103 Å². The Balaban J connectivity index is 1.47. The lowest BCUT2D eigenvalue weighted by molar-refractivity contribution is 0.669. The van der Waals surface area contributed by atoms with Crippen LogP contribution in [0.3, 0.4) is 0 Å². The lowest BCUT2D eigenvalue weighted by Gasteiger charge is -2.16. The first-order valence-electron chi connectivity index (χ1n) is 11.7. The molecule has 0 radical (unpaired) electrons. The van der Waals surface area contributed by atoms with Crippen LogP contribution in [0, 0.1) is 0 Å². The van der Waals surface area contributed by atoms with Gasteiger partial charge in [0.15, 0.2) is 0 Å². The molecule has 0 N–H and O–H groups in total. The zero-order valence-electron chi connectivity index (χ0n) is 19.2. The van der Waals surface area contributed by atoms with Crippen molar-refractivity contribution >= 4 is 45.5 Å². The third-order valence-electron chi connectivity index (χ3n) is 6.13. The molecule has 0 unspecified atom stereocenters. The maximum atomic E-state index is 6.21. The van der Waals surface area contributed by atoms with Gasteiger partial charge in [-0.15, -0.1) is 23.5 Å². The maximum absolute atomic E-state index is 6.21. The molecule has 3 heteroatoms. The Bertz CT molecular complexity index is 1590. The molecule has 0 spiro atoms. The van der Waals surface area contributed by atoms with E-state index in [0.29, 0.717) is 0 Å². The molecule has 1 aromatic heterocycles. The topological polar surface area (TPSA) is 13.1 Å². The molecule has 170 valence electrons. The first-order chi connectivity index (χ1) is 17.4. The van der Waals surface area contributed by atoms with E-state index in [2.05, 4.69) is 115 Å². The van der Waals surface area contributed by atoms with Crippen LogP contribution < -0.4 is 0 Å². The van der Waals surface area contributed by atoms with Gasteiger partial charge in [0, 0.05) is 32.1 Å². The van der Waals surface area contributed by atoms with Crippen LogP contribution in [0.5, 0.6) is 0 Å². The van der Waals surface area contributed by atoms with Gasteiger partial charge >= 0.3 is 0 Å². The Labute approximate surface area is 214 Å². The predicted octanol–water partition coefficient (Wildman–Crippen LogP) is 9.84. The fourth-order valence-corrected chi connectivity index (χ4v) is 6.79. The van der Waals surface area contributed by atoms with Crippen molar-refractivity contribution in [3.63, 3.8) is 0 Å². The normalized spacial score (nSPS) is 11.3. The van der Waals surface area contributed by atoms with Gasteiger partial charge in [0.25, 0.3) is 0 Å². The van der Waals surface area contributed by atoms with E-state index in [1.165, 1.54) is 42.8 Å². The van der Waals surface area contributed by atoms with E-state index in [9.17, 15) is 0 Å². The lowest BCUT2D eigenvalue weighted by atomic mass is 9.99. The van der Waals surface area contributed by atoms with Gasteiger partial charge in [0.1, 0.15) is 11.2 Å². The van der Waals surface area contributed by atoms with Crippen molar-refractivity contribution in [3.8, 4) is 11.1 Å². The SMILES string of the molecule is c1ccc(CSc2cccc(-c3cccc4oc5ccccc5c34)c2SCc2ccccc2)cc1. The van der Waals surface area contributed by atoms with E-state index in [4.69, 9.17) is 4.42 Å². The van der Waals surface area contributed by atoms with Crippen LogP contribution in [0.2, 0.25) is 0 Å². The summed E-state index contributed by atoms with van der Waals surface area (Å²) in [6.07, 6.45) is 0. The van der Waals surface area contributed by atoms with E-state index in [1.54, 1.807) is 0 Å². The van der Waals surface area contributed by atoms with Gasteiger partial charge in [-0.05, 0) is 40.5 Å². The second kappa shape index (κ2) is 10.1. The van der Waals surface area contributed by atoms with E-state index < -0.39 is 0 Å². The molecule has 0 aliphatic heterocycles. The standard InChI is InChI=1S/C32H24OS2/c1-3-11-23(12-4-1)21-34-30-20-10-17-26(32(30)35-22-24-13-5-2-6-14-24)25-16-9-19-29-31(25)27-15-7-8-18-28(27)33-29/h1-20H,21-22H2. The van der Waals surface area contributed by atoms with Crippen molar-refractivity contribution in [2.75, 3.05) is 0 Å². The largest absolute Gasteiger partial charge is 0.456 e. The molecule has 1 nitrogen and oxygen atoms in total. The van der Waals surface area contributed by atoms with Crippen LogP contribution in [0.15, 0.2) is 136 Å². The minimum Gasteiger partial charge on any atom is -0.456 e. The minimum atomic E-state index is 0.929. The first-order valence-corrected chi connectivity index (χ1v) is 13.7. The molecule has 5 aromatic carbocycles. The van der Waals surface area contributed by atoms with Crippen LogP contribution in [0.4, 0.5) is 0 Å². The Morgan fingerprint density at radius 1 is 0.486 bits per heavy atom. The third-order valence-corrected chi connectivity index (χ3v) is 8.60. The minimum absolute atomic E-state index is 0.929. The number of benzene rings is 5. The molecule has 0 aliphatic rings. The molecule has 0 saturated carbocycles. The summed E-state index contributed by atoms with van der Waals surface area (Å²) in [4.78, 5) is 2.65. The Kier molecular flexibility index (Phi) is 6.35. The van der Waals surface area contributed by atoms with Gasteiger partial charge in [-0.3, -0.25) is 0 Å². The van der Waals surface area contributed by atoms with Crippen molar-refractivity contribution < 1.29 is 4.42 Å². The fourth-order valence-electron chi connectivity index (χ4n) is 4.45. The van der Waals surface area contributed by atoms with Crippen molar-refractivity contribution in [2.45, 2.75) is 21.3 Å². The monoisotopic (exact) mass is 488 g/mol. The maximum Gasteiger partial charge on any atom is 0.136 e. The second-order valence-corrected chi connectivity index (χ2v) is 10.5. The lowest BCUT2D eigenvalue weighted by Crippen LogP contribution is -1.90. The number of thioether (sulfide) groups is 2. The molecule has 6 aromatic rings. The van der Waals surface area contributed by atoms with Crippen molar-refractivity contribution in [1.82, 2.24) is 0 Å². The summed E-state index contributed by atoms with van der Waals surface area (Å²) in [5.41, 5.74) is 7.03. The van der Waals surface area contributed by atoms with Crippen molar-refractivity contribution in [3.05, 3.63) is 132 Å². The number of hydrogen-bond acceptors (Lipinski definition) is 3. The zero-order chi connectivity index (χ0) is 23.5. The third kappa shape index (κ3) is 4.62. The summed E-state index contributed by atoms with van der Waals surface area (Å²) < 4.78 is 6.21. The van der Waals surface area contributed by atoms with Gasteiger partial charge in [-0.2, -0.15) is 0 Å². The summed E-state index contributed by atoms with van der Waals surface area (Å²) in [6, 6.07) is 42.9. The Morgan fingerprint density at radius 3 is 1.86 bits per heavy atom. The first kappa shape index (κ1) is 22.1. The molecule has 0 amide bonds. The average Bonchev–Trinajstić information content (AvgIpc) is 3.31. The number of para-hydroxylation sites is 1. The van der Waals surface area contributed by atoms with Crippen LogP contribution in [0.25, 0.3) is 33.1 Å². The molecule has 0 aliphatic carbocycles. The number of hydrogen-bond donors (Lipinski definition) is 0. The molecule has 0 atom stereocenters. The highest BCUT2D eigenvalue weighted by atomic mass is 32.2. The van der Waals surface area contributed by atoms with Crippen LogP contribution in [-0.4, -0.2) is 0 Å². The van der Waals surface area contributed by atoms with Gasteiger partial charge in [0.2, 0.25) is 0 Å². The molecule has 6 rings (SSSR count). The van der Waals surface area contributed by atoms with Crippen molar-refractivity contribution in [2.24, 2.45) is 0 Å². The van der Waals surface area contributed by atoms with Crippen LogP contribution >= 0.6 is 23.5 Å². The second-order valence-electron chi connectivity index (χ2n) is 8.46. The summed E-state index contributed by atoms with van der Waals surface area (Å²) in [5, 5.41) is 2.36. The molecular formula is C32H24OS2. The highest BCUT2D eigenvalue weighted by Crippen LogP contribution is 2.44. The molecule has 1 heterocycles. The molecule has 35 heavy (non-hydrogen) atoms. The van der Waals surface area contributed by atoms with E-state index in [1.807, 2.05) is 29.6 Å². The van der Waals surface area contributed by atoms with Gasteiger partial charge in [0.05, 0.1) is 0 Å². The smallest absolute Gasteiger partial charge is 0.136 e. The quantitative estimate of drug-likeness (QED) is 0.208.